The number of halogens is 1. The molecule has 0 saturated heterocycles. The summed E-state index contributed by atoms with van der Waals surface area (Å²) in [5.74, 6) is 2.93. The molecular formula is C15H20ClN. The zero-order valence-electron chi connectivity index (χ0n) is 10.4. The fourth-order valence-electron chi connectivity index (χ4n) is 3.58. The Morgan fingerprint density at radius 3 is 2.82 bits per heavy atom. The smallest absolute Gasteiger partial charge is 0.0455 e. The Labute approximate surface area is 109 Å². The van der Waals surface area contributed by atoms with Crippen molar-refractivity contribution in [3.63, 3.8) is 0 Å². The highest BCUT2D eigenvalue weighted by Gasteiger charge is 2.38. The van der Waals surface area contributed by atoms with Gasteiger partial charge in [-0.3, -0.25) is 0 Å². The number of anilines is 1. The lowest BCUT2D eigenvalue weighted by atomic mass is 9.89. The molecule has 2 fully saturated rings. The zero-order valence-corrected chi connectivity index (χ0v) is 11.1. The predicted octanol–water partition coefficient (Wildman–Crippen LogP) is 4.50. The number of fused-ring (bicyclic) bond motifs is 2. The van der Waals surface area contributed by atoms with Crippen LogP contribution in [0.5, 0.6) is 0 Å². The number of nitrogens with one attached hydrogen (secondary N) is 1. The molecule has 2 aliphatic carbocycles. The molecule has 3 atom stereocenters. The van der Waals surface area contributed by atoms with E-state index in [1.807, 2.05) is 13.0 Å². The van der Waals surface area contributed by atoms with Gasteiger partial charge in [-0.15, -0.1) is 0 Å². The molecule has 2 saturated carbocycles. The van der Waals surface area contributed by atoms with Crippen LogP contribution < -0.4 is 5.32 Å². The van der Waals surface area contributed by atoms with Gasteiger partial charge in [-0.05, 0) is 61.6 Å². The molecule has 0 amide bonds. The maximum atomic E-state index is 6.13. The van der Waals surface area contributed by atoms with Gasteiger partial charge in [0, 0.05) is 17.3 Å². The zero-order chi connectivity index (χ0) is 11.8. The van der Waals surface area contributed by atoms with Gasteiger partial charge >= 0.3 is 0 Å². The van der Waals surface area contributed by atoms with E-state index in [9.17, 15) is 0 Å². The second kappa shape index (κ2) is 4.53. The van der Waals surface area contributed by atoms with Gasteiger partial charge < -0.3 is 5.32 Å². The van der Waals surface area contributed by atoms with Crippen molar-refractivity contribution in [3.05, 3.63) is 28.8 Å². The average molecular weight is 250 g/mol. The third-order valence-electron chi connectivity index (χ3n) is 4.62. The maximum absolute atomic E-state index is 6.13. The van der Waals surface area contributed by atoms with E-state index in [0.717, 1.165) is 34.9 Å². The van der Waals surface area contributed by atoms with E-state index in [4.69, 9.17) is 11.6 Å². The molecule has 17 heavy (non-hydrogen) atoms. The second-order valence-corrected chi connectivity index (χ2v) is 6.19. The van der Waals surface area contributed by atoms with E-state index in [1.165, 1.54) is 31.4 Å². The Balaban J connectivity index is 1.59. The maximum Gasteiger partial charge on any atom is 0.0455 e. The minimum atomic E-state index is 0.864. The van der Waals surface area contributed by atoms with Crippen LogP contribution in [-0.4, -0.2) is 6.54 Å². The fraction of sp³-hybridized carbons (Fsp3) is 0.600. The van der Waals surface area contributed by atoms with Crippen molar-refractivity contribution < 1.29 is 0 Å². The summed E-state index contributed by atoms with van der Waals surface area (Å²) in [4.78, 5) is 0. The Morgan fingerprint density at radius 1 is 1.29 bits per heavy atom. The highest BCUT2D eigenvalue weighted by Crippen LogP contribution is 2.48. The summed E-state index contributed by atoms with van der Waals surface area (Å²) in [5, 5.41) is 4.42. The van der Waals surface area contributed by atoms with E-state index in [0.29, 0.717) is 0 Å². The Morgan fingerprint density at radius 2 is 2.18 bits per heavy atom. The van der Waals surface area contributed by atoms with Gasteiger partial charge in [0.05, 0.1) is 0 Å². The first kappa shape index (κ1) is 11.4. The highest BCUT2D eigenvalue weighted by molar-refractivity contribution is 6.31. The third-order valence-corrected chi connectivity index (χ3v) is 5.03. The van der Waals surface area contributed by atoms with Gasteiger partial charge in [0.1, 0.15) is 0 Å². The highest BCUT2D eigenvalue weighted by atomic mass is 35.5. The lowest BCUT2D eigenvalue weighted by Crippen LogP contribution is -2.20. The van der Waals surface area contributed by atoms with Gasteiger partial charge in [-0.2, -0.15) is 0 Å². The summed E-state index contributed by atoms with van der Waals surface area (Å²) in [6.45, 7) is 3.17. The van der Waals surface area contributed by atoms with Gasteiger partial charge in [0.25, 0.3) is 0 Å². The van der Waals surface area contributed by atoms with Gasteiger partial charge in [0.15, 0.2) is 0 Å². The van der Waals surface area contributed by atoms with Gasteiger partial charge in [-0.25, -0.2) is 0 Å². The number of benzene rings is 1. The van der Waals surface area contributed by atoms with Gasteiger partial charge in [0.2, 0.25) is 0 Å². The predicted molar refractivity (Wildman–Crippen MR) is 73.6 cm³/mol. The first-order valence-corrected chi connectivity index (χ1v) is 7.10. The van der Waals surface area contributed by atoms with Crippen molar-refractivity contribution in [1.29, 1.82) is 0 Å². The SMILES string of the molecule is Cc1ccc(NCC2CC3CCC2C3)cc1Cl. The van der Waals surface area contributed by atoms with Crippen molar-refractivity contribution in [2.45, 2.75) is 32.6 Å². The summed E-state index contributed by atoms with van der Waals surface area (Å²) in [5.41, 5.74) is 2.32. The summed E-state index contributed by atoms with van der Waals surface area (Å²) in [7, 11) is 0. The monoisotopic (exact) mass is 249 g/mol. The van der Waals surface area contributed by atoms with E-state index < -0.39 is 0 Å². The summed E-state index contributed by atoms with van der Waals surface area (Å²) in [6.07, 6.45) is 5.88. The van der Waals surface area contributed by atoms with Gasteiger partial charge in [-0.1, -0.05) is 24.1 Å². The minimum absolute atomic E-state index is 0.864. The summed E-state index contributed by atoms with van der Waals surface area (Å²) in [6, 6.07) is 6.27. The normalized spacial score (nSPS) is 30.8. The van der Waals surface area contributed by atoms with E-state index in [-0.39, 0.29) is 0 Å². The van der Waals surface area contributed by atoms with Crippen LogP contribution in [0.25, 0.3) is 0 Å². The lowest BCUT2D eigenvalue weighted by Gasteiger charge is -2.22. The fourth-order valence-corrected chi connectivity index (χ4v) is 3.76. The van der Waals surface area contributed by atoms with Crippen molar-refractivity contribution in [2.24, 2.45) is 17.8 Å². The topological polar surface area (TPSA) is 12.0 Å². The molecule has 1 N–H and O–H groups in total. The Bertz CT molecular complexity index is 415. The molecular weight excluding hydrogens is 230 g/mol. The van der Waals surface area contributed by atoms with E-state index in [2.05, 4.69) is 17.4 Å². The Kier molecular flexibility index (Phi) is 3.04. The lowest BCUT2D eigenvalue weighted by molar-refractivity contribution is 0.348. The standard InChI is InChI=1S/C15H20ClN/c1-10-2-5-14(8-15(10)16)17-9-13-7-11-3-4-12(13)6-11/h2,5,8,11-13,17H,3-4,6-7,9H2,1H3. The number of rotatable bonds is 3. The summed E-state index contributed by atoms with van der Waals surface area (Å²) < 4.78 is 0. The first-order valence-electron chi connectivity index (χ1n) is 6.72. The van der Waals surface area contributed by atoms with Crippen LogP contribution in [0.15, 0.2) is 18.2 Å². The molecule has 2 bridgehead atoms. The van der Waals surface area contributed by atoms with E-state index >= 15 is 0 Å². The van der Waals surface area contributed by atoms with E-state index in [1.54, 1.807) is 0 Å². The molecule has 1 aromatic rings. The number of aryl methyl sites for hydroxylation is 1. The van der Waals surface area contributed by atoms with Crippen LogP contribution in [0.4, 0.5) is 5.69 Å². The number of hydrogen-bond acceptors (Lipinski definition) is 1. The third kappa shape index (κ3) is 2.30. The quantitative estimate of drug-likeness (QED) is 0.832. The minimum Gasteiger partial charge on any atom is -0.385 e. The second-order valence-electron chi connectivity index (χ2n) is 5.78. The summed E-state index contributed by atoms with van der Waals surface area (Å²) >= 11 is 6.13. The van der Waals surface area contributed by atoms with Crippen LogP contribution >= 0.6 is 11.6 Å². The first-order chi connectivity index (χ1) is 8.22. The van der Waals surface area contributed by atoms with Crippen LogP contribution in [0.2, 0.25) is 5.02 Å². The Hall–Kier alpha value is -0.690. The molecule has 0 heterocycles. The molecule has 0 aromatic heterocycles. The largest absolute Gasteiger partial charge is 0.385 e. The van der Waals surface area contributed by atoms with Crippen LogP contribution in [0.3, 0.4) is 0 Å². The van der Waals surface area contributed by atoms with Crippen molar-refractivity contribution in [2.75, 3.05) is 11.9 Å². The van der Waals surface area contributed by atoms with Crippen LogP contribution in [-0.2, 0) is 0 Å². The average Bonchev–Trinajstić information content (AvgIpc) is 2.92. The molecule has 3 unspecified atom stereocenters. The molecule has 1 aromatic carbocycles. The van der Waals surface area contributed by atoms with Crippen molar-refractivity contribution in [1.82, 2.24) is 0 Å². The van der Waals surface area contributed by atoms with Crippen LogP contribution in [0.1, 0.15) is 31.2 Å². The van der Waals surface area contributed by atoms with Crippen molar-refractivity contribution in [3.8, 4) is 0 Å². The molecule has 1 nitrogen and oxygen atoms in total. The molecule has 2 heteroatoms. The number of hydrogen-bond donors (Lipinski definition) is 1. The molecule has 3 rings (SSSR count). The molecule has 0 aliphatic heterocycles. The molecule has 0 radical (unpaired) electrons. The van der Waals surface area contributed by atoms with Crippen LogP contribution in [0, 0.1) is 24.7 Å². The molecule has 0 spiro atoms. The molecule has 2 aliphatic rings. The molecule has 92 valence electrons. The van der Waals surface area contributed by atoms with Crippen molar-refractivity contribution >= 4 is 17.3 Å².